The first-order chi connectivity index (χ1) is 13.7. The summed E-state index contributed by atoms with van der Waals surface area (Å²) in [5, 5.41) is 20.9. The predicted molar refractivity (Wildman–Crippen MR) is 96.0 cm³/mol. The van der Waals surface area contributed by atoms with Gasteiger partial charge in [-0.3, -0.25) is 9.36 Å². The van der Waals surface area contributed by atoms with Crippen molar-refractivity contribution in [3.63, 3.8) is 0 Å². The van der Waals surface area contributed by atoms with Crippen molar-refractivity contribution in [3.05, 3.63) is 47.2 Å². The van der Waals surface area contributed by atoms with E-state index in [9.17, 15) is 13.2 Å². The molecular formula is C18H17F3N8. The number of alkyl halides is 3. The summed E-state index contributed by atoms with van der Waals surface area (Å²) >= 11 is 0. The number of nitrogens with zero attached hydrogens (tertiary/aromatic N) is 8. The quantitative estimate of drug-likeness (QED) is 0.527. The Morgan fingerprint density at radius 1 is 1.03 bits per heavy atom. The number of hydrogen-bond acceptors (Lipinski definition) is 5. The maximum Gasteiger partial charge on any atom is 0.433 e. The van der Waals surface area contributed by atoms with Crippen LogP contribution in [0.3, 0.4) is 0 Å². The number of aryl methyl sites for hydroxylation is 3. The Hall–Kier alpha value is -3.24. The standard InChI is InChI=1S/C18H17F3N8/c1-9-23-24-16-5-4-13(26-29(9)16)15-7-14(25-27(15)2)11-6-10(11)12-8-22-28(3)17(12)18(19,20)21/h4-5,7-8,10-11H,6H2,1-3H3. The fourth-order valence-corrected chi connectivity index (χ4v) is 3.88. The van der Waals surface area contributed by atoms with Crippen LogP contribution in [-0.4, -0.2) is 39.4 Å². The Balaban J connectivity index is 1.47. The normalized spacial score (nSPS) is 19.2. The van der Waals surface area contributed by atoms with Gasteiger partial charge in [0.25, 0.3) is 0 Å². The van der Waals surface area contributed by atoms with Gasteiger partial charge in [0.05, 0.1) is 17.6 Å². The Labute approximate surface area is 163 Å². The minimum Gasteiger partial charge on any atom is -0.266 e. The second-order valence-corrected chi connectivity index (χ2v) is 7.33. The molecule has 150 valence electrons. The van der Waals surface area contributed by atoms with Crippen LogP contribution in [0.4, 0.5) is 13.2 Å². The van der Waals surface area contributed by atoms with Crippen molar-refractivity contribution in [2.24, 2.45) is 14.1 Å². The van der Waals surface area contributed by atoms with Crippen LogP contribution in [0.1, 0.15) is 41.0 Å². The van der Waals surface area contributed by atoms with Gasteiger partial charge in [-0.1, -0.05) is 0 Å². The third-order valence-corrected chi connectivity index (χ3v) is 5.39. The van der Waals surface area contributed by atoms with Crippen LogP contribution in [0.25, 0.3) is 17.0 Å². The van der Waals surface area contributed by atoms with Gasteiger partial charge in [-0.25, -0.2) is 0 Å². The molecule has 0 spiro atoms. The monoisotopic (exact) mass is 402 g/mol. The fraction of sp³-hybridized carbons (Fsp3) is 0.389. The molecule has 1 aliphatic rings. The summed E-state index contributed by atoms with van der Waals surface area (Å²) in [4.78, 5) is 0. The van der Waals surface area contributed by atoms with Gasteiger partial charge in [0.2, 0.25) is 0 Å². The van der Waals surface area contributed by atoms with E-state index < -0.39 is 11.9 Å². The molecule has 8 nitrogen and oxygen atoms in total. The first kappa shape index (κ1) is 17.8. The molecule has 0 amide bonds. The van der Waals surface area contributed by atoms with Gasteiger partial charge < -0.3 is 0 Å². The highest BCUT2D eigenvalue weighted by Gasteiger charge is 2.48. The average Bonchev–Trinajstić information content (AvgIpc) is 2.98. The summed E-state index contributed by atoms with van der Waals surface area (Å²) in [6.07, 6.45) is -2.50. The fourth-order valence-electron chi connectivity index (χ4n) is 3.88. The van der Waals surface area contributed by atoms with Crippen LogP contribution >= 0.6 is 0 Å². The Morgan fingerprint density at radius 3 is 2.59 bits per heavy atom. The Morgan fingerprint density at radius 2 is 1.83 bits per heavy atom. The minimum absolute atomic E-state index is 0.0689. The lowest BCUT2D eigenvalue weighted by Gasteiger charge is -2.09. The second-order valence-electron chi connectivity index (χ2n) is 7.33. The molecule has 2 unspecified atom stereocenters. The molecule has 1 fully saturated rings. The van der Waals surface area contributed by atoms with Crippen molar-refractivity contribution in [2.45, 2.75) is 31.4 Å². The highest BCUT2D eigenvalue weighted by atomic mass is 19.4. The van der Waals surface area contributed by atoms with Gasteiger partial charge in [-0.05, 0) is 37.5 Å². The van der Waals surface area contributed by atoms with Crippen LogP contribution in [0.2, 0.25) is 0 Å². The van der Waals surface area contributed by atoms with Crippen LogP contribution in [0.5, 0.6) is 0 Å². The summed E-state index contributed by atoms with van der Waals surface area (Å²) in [7, 11) is 3.11. The first-order valence-electron chi connectivity index (χ1n) is 9.06. The van der Waals surface area contributed by atoms with Gasteiger partial charge in [0, 0.05) is 25.6 Å². The molecule has 5 rings (SSSR count). The van der Waals surface area contributed by atoms with Crippen molar-refractivity contribution >= 4 is 5.65 Å². The van der Waals surface area contributed by atoms with Gasteiger partial charge in [0.1, 0.15) is 11.4 Å². The van der Waals surface area contributed by atoms with Gasteiger partial charge in [-0.15, -0.1) is 10.2 Å². The summed E-state index contributed by atoms with van der Waals surface area (Å²) in [5.41, 5.74) is 2.42. The number of halogens is 3. The van der Waals surface area contributed by atoms with Crippen molar-refractivity contribution < 1.29 is 13.2 Å². The van der Waals surface area contributed by atoms with Crippen molar-refractivity contribution in [3.8, 4) is 11.4 Å². The summed E-state index contributed by atoms with van der Waals surface area (Å²) in [6.45, 7) is 1.81. The largest absolute Gasteiger partial charge is 0.433 e. The third kappa shape index (κ3) is 2.79. The molecule has 4 aromatic rings. The van der Waals surface area contributed by atoms with Crippen molar-refractivity contribution in [1.82, 2.24) is 39.4 Å². The molecular weight excluding hydrogens is 385 g/mol. The molecule has 4 heterocycles. The van der Waals surface area contributed by atoms with Crippen LogP contribution < -0.4 is 0 Å². The summed E-state index contributed by atoms with van der Waals surface area (Å²) < 4.78 is 44.4. The van der Waals surface area contributed by atoms with Gasteiger partial charge >= 0.3 is 6.18 Å². The lowest BCUT2D eigenvalue weighted by Crippen LogP contribution is -2.14. The van der Waals surface area contributed by atoms with E-state index in [1.165, 1.54) is 13.2 Å². The highest BCUT2D eigenvalue weighted by molar-refractivity contribution is 5.57. The van der Waals surface area contributed by atoms with E-state index in [2.05, 4.69) is 25.5 Å². The second kappa shape index (κ2) is 5.88. The zero-order chi connectivity index (χ0) is 20.5. The minimum atomic E-state index is -4.43. The van der Waals surface area contributed by atoms with Crippen LogP contribution in [0.15, 0.2) is 24.4 Å². The van der Waals surface area contributed by atoms with Gasteiger partial charge in [0.15, 0.2) is 11.5 Å². The van der Waals surface area contributed by atoms with Crippen LogP contribution in [-0.2, 0) is 20.3 Å². The number of fused-ring (bicyclic) bond motifs is 1. The molecule has 1 aliphatic carbocycles. The van der Waals surface area contributed by atoms with E-state index in [1.54, 1.807) is 16.2 Å². The topological polar surface area (TPSA) is 78.7 Å². The molecule has 4 aromatic heterocycles. The molecule has 0 aromatic carbocycles. The highest BCUT2D eigenvalue weighted by Crippen LogP contribution is 2.56. The summed E-state index contributed by atoms with van der Waals surface area (Å²) in [6, 6.07) is 5.54. The number of aromatic nitrogens is 8. The zero-order valence-electron chi connectivity index (χ0n) is 15.9. The maximum absolute atomic E-state index is 13.4. The van der Waals surface area contributed by atoms with Crippen molar-refractivity contribution in [2.75, 3.05) is 0 Å². The average molecular weight is 402 g/mol. The van der Waals surface area contributed by atoms with E-state index >= 15 is 0 Å². The lowest BCUT2D eigenvalue weighted by atomic mass is 10.1. The van der Waals surface area contributed by atoms with E-state index in [1.807, 2.05) is 25.1 Å². The number of rotatable bonds is 3. The molecule has 2 atom stereocenters. The molecule has 0 N–H and O–H groups in total. The Bertz CT molecular complexity index is 1230. The van der Waals surface area contributed by atoms with Gasteiger partial charge in [-0.2, -0.15) is 33.0 Å². The first-order valence-corrected chi connectivity index (χ1v) is 9.06. The molecule has 0 bridgehead atoms. The third-order valence-electron chi connectivity index (χ3n) is 5.39. The van der Waals surface area contributed by atoms with E-state index in [0.717, 1.165) is 16.1 Å². The molecule has 0 radical (unpaired) electrons. The Kier molecular flexibility index (Phi) is 3.61. The SMILES string of the molecule is Cc1nnc2ccc(-c3cc(C4CC4c4cnn(C)c4C(F)(F)F)nn3C)nn12. The van der Waals surface area contributed by atoms with E-state index in [0.29, 0.717) is 23.6 Å². The zero-order valence-corrected chi connectivity index (χ0v) is 15.9. The molecule has 0 aliphatic heterocycles. The number of hydrogen-bond donors (Lipinski definition) is 0. The molecule has 0 saturated heterocycles. The van der Waals surface area contributed by atoms with E-state index in [-0.39, 0.29) is 17.4 Å². The molecule has 11 heteroatoms. The maximum atomic E-state index is 13.4. The molecule has 1 saturated carbocycles. The predicted octanol–water partition coefficient (Wildman–Crippen LogP) is 2.86. The van der Waals surface area contributed by atoms with Crippen LogP contribution in [0, 0.1) is 6.92 Å². The lowest BCUT2D eigenvalue weighted by molar-refractivity contribution is -0.144. The molecule has 29 heavy (non-hydrogen) atoms. The van der Waals surface area contributed by atoms with Crippen molar-refractivity contribution in [1.29, 1.82) is 0 Å². The van der Waals surface area contributed by atoms with E-state index in [4.69, 9.17) is 0 Å². The smallest absolute Gasteiger partial charge is 0.266 e. The summed E-state index contributed by atoms with van der Waals surface area (Å²) in [5.74, 6) is 0.363.